The van der Waals surface area contributed by atoms with Crippen LogP contribution in [0.2, 0.25) is 0 Å². The molecule has 2 aromatic carbocycles. The molecule has 0 bridgehead atoms. The van der Waals surface area contributed by atoms with Crippen LogP contribution in [0.15, 0.2) is 48.7 Å². The van der Waals surface area contributed by atoms with Crippen molar-refractivity contribution in [2.24, 2.45) is 11.3 Å². The molecule has 0 fully saturated rings. The van der Waals surface area contributed by atoms with Crippen LogP contribution in [-0.2, 0) is 0 Å². The summed E-state index contributed by atoms with van der Waals surface area (Å²) in [6, 6.07) is 12.6. The summed E-state index contributed by atoms with van der Waals surface area (Å²) in [5.41, 5.74) is 2.58. The fraction of sp³-hybridized carbons (Fsp3) is 0.462. The van der Waals surface area contributed by atoms with E-state index in [-0.39, 0.29) is 28.7 Å². The number of aromatic nitrogens is 2. The van der Waals surface area contributed by atoms with E-state index in [0.717, 1.165) is 16.6 Å². The van der Waals surface area contributed by atoms with Crippen LogP contribution in [0.3, 0.4) is 0 Å². The lowest BCUT2D eigenvalue weighted by molar-refractivity contribution is 0.203. The molecule has 1 heterocycles. The molecule has 2 N–H and O–H groups in total. The van der Waals surface area contributed by atoms with Gasteiger partial charge in [-0.3, -0.25) is 0 Å². The highest BCUT2D eigenvalue weighted by molar-refractivity contribution is 5.81. The summed E-state index contributed by atoms with van der Waals surface area (Å²) in [6.07, 6.45) is 1.85. The smallest absolute Gasteiger partial charge is 0.315 e. The van der Waals surface area contributed by atoms with Crippen molar-refractivity contribution >= 4 is 16.9 Å². The Balaban J connectivity index is 1.86. The van der Waals surface area contributed by atoms with Gasteiger partial charge >= 0.3 is 6.03 Å². The van der Waals surface area contributed by atoms with Gasteiger partial charge in [0, 0.05) is 17.5 Å². The predicted octanol–water partition coefficient (Wildman–Crippen LogP) is 6.03. The molecular formula is C26H35FN4O. The van der Waals surface area contributed by atoms with Gasteiger partial charge in [-0.1, -0.05) is 33.8 Å². The van der Waals surface area contributed by atoms with Crippen molar-refractivity contribution in [3.8, 4) is 5.69 Å². The van der Waals surface area contributed by atoms with Crippen molar-refractivity contribution in [3.05, 3.63) is 60.0 Å². The third-order valence-corrected chi connectivity index (χ3v) is 5.72. The predicted molar refractivity (Wildman–Crippen MR) is 129 cm³/mol. The van der Waals surface area contributed by atoms with Gasteiger partial charge in [0.1, 0.15) is 5.82 Å². The Hall–Kier alpha value is -2.89. The first-order valence-corrected chi connectivity index (χ1v) is 11.2. The summed E-state index contributed by atoms with van der Waals surface area (Å²) >= 11 is 0. The highest BCUT2D eigenvalue weighted by Gasteiger charge is 2.34. The quantitative estimate of drug-likeness (QED) is 0.494. The van der Waals surface area contributed by atoms with Crippen molar-refractivity contribution in [2.45, 2.75) is 59.9 Å². The van der Waals surface area contributed by atoms with E-state index < -0.39 is 0 Å². The Morgan fingerprint density at radius 2 is 1.72 bits per heavy atom. The monoisotopic (exact) mass is 438 g/mol. The van der Waals surface area contributed by atoms with Crippen molar-refractivity contribution < 1.29 is 9.18 Å². The molecule has 5 nitrogen and oxygen atoms in total. The van der Waals surface area contributed by atoms with E-state index in [4.69, 9.17) is 0 Å². The molecule has 1 unspecified atom stereocenters. The molecule has 2 amide bonds. The van der Waals surface area contributed by atoms with E-state index in [1.54, 1.807) is 12.1 Å². The first-order valence-electron chi connectivity index (χ1n) is 11.2. The van der Waals surface area contributed by atoms with Crippen LogP contribution in [0.4, 0.5) is 9.18 Å². The van der Waals surface area contributed by atoms with E-state index >= 15 is 0 Å². The first-order chi connectivity index (χ1) is 14.9. The minimum Gasteiger partial charge on any atom is -0.338 e. The molecule has 1 aromatic heterocycles. The number of benzene rings is 2. The van der Waals surface area contributed by atoms with E-state index in [1.165, 1.54) is 17.7 Å². The number of rotatable bonds is 6. The van der Waals surface area contributed by atoms with Crippen LogP contribution >= 0.6 is 0 Å². The molecule has 0 aliphatic carbocycles. The SMILES string of the molecule is CC(C)C(c1ccc2c(cnn2-c2ccc(F)cc2)c1)C(C)(C)CNC(=O)NC(C)(C)C. The Labute approximate surface area is 190 Å². The summed E-state index contributed by atoms with van der Waals surface area (Å²) in [4.78, 5) is 12.3. The number of halogens is 1. The number of amides is 2. The van der Waals surface area contributed by atoms with Gasteiger partial charge in [-0.15, -0.1) is 0 Å². The number of nitrogens with one attached hydrogen (secondary N) is 2. The molecule has 172 valence electrons. The Morgan fingerprint density at radius 3 is 2.31 bits per heavy atom. The van der Waals surface area contributed by atoms with Gasteiger partial charge < -0.3 is 10.6 Å². The Bertz CT molecular complexity index is 1080. The van der Waals surface area contributed by atoms with Crippen molar-refractivity contribution in [3.63, 3.8) is 0 Å². The zero-order valence-corrected chi connectivity index (χ0v) is 20.2. The van der Waals surface area contributed by atoms with E-state index in [0.29, 0.717) is 12.5 Å². The molecule has 3 rings (SSSR count). The summed E-state index contributed by atoms with van der Waals surface area (Å²) in [7, 11) is 0. The molecule has 3 aromatic rings. The first kappa shape index (κ1) is 23.8. The fourth-order valence-electron chi connectivity index (χ4n) is 4.57. The van der Waals surface area contributed by atoms with Gasteiger partial charge in [-0.05, 0) is 80.0 Å². The maximum absolute atomic E-state index is 13.3. The maximum Gasteiger partial charge on any atom is 0.315 e. The highest BCUT2D eigenvalue weighted by Crippen LogP contribution is 2.41. The minimum atomic E-state index is -0.276. The number of urea groups is 1. The van der Waals surface area contributed by atoms with E-state index in [9.17, 15) is 9.18 Å². The van der Waals surface area contributed by atoms with E-state index in [1.807, 2.05) is 31.6 Å². The molecule has 0 saturated heterocycles. The number of hydrogen-bond donors (Lipinski definition) is 2. The molecule has 0 radical (unpaired) electrons. The second-order valence-corrected chi connectivity index (χ2v) is 10.6. The zero-order chi connectivity index (χ0) is 23.7. The van der Waals surface area contributed by atoms with Crippen LogP contribution in [-0.4, -0.2) is 27.9 Å². The number of nitrogens with zero attached hydrogens (tertiary/aromatic N) is 2. The lowest BCUT2D eigenvalue weighted by Crippen LogP contribution is -2.49. The van der Waals surface area contributed by atoms with E-state index in [2.05, 4.69) is 61.6 Å². The fourth-order valence-corrected chi connectivity index (χ4v) is 4.57. The van der Waals surface area contributed by atoms with Gasteiger partial charge in [0.05, 0.1) is 17.4 Å². The second kappa shape index (κ2) is 8.93. The summed E-state index contributed by atoms with van der Waals surface area (Å²) in [5.74, 6) is 0.345. The number of hydrogen-bond acceptors (Lipinski definition) is 2. The average Bonchev–Trinajstić information content (AvgIpc) is 3.09. The largest absolute Gasteiger partial charge is 0.338 e. The topological polar surface area (TPSA) is 59.0 Å². The van der Waals surface area contributed by atoms with Crippen LogP contribution < -0.4 is 10.6 Å². The molecular weight excluding hydrogens is 403 g/mol. The molecule has 32 heavy (non-hydrogen) atoms. The highest BCUT2D eigenvalue weighted by atomic mass is 19.1. The second-order valence-electron chi connectivity index (χ2n) is 10.6. The third kappa shape index (κ3) is 5.47. The van der Waals surface area contributed by atoms with Crippen LogP contribution in [0, 0.1) is 17.2 Å². The third-order valence-electron chi connectivity index (χ3n) is 5.72. The average molecular weight is 439 g/mol. The number of carbonyl (C=O) groups excluding carboxylic acids is 1. The summed E-state index contributed by atoms with van der Waals surface area (Å²) in [6.45, 7) is 15.3. The standard InChI is InChI=1S/C26H35FN4O/c1-17(2)23(26(6,7)16-28-24(32)30-25(3,4)5)18-8-13-22-19(14-18)15-29-31(22)21-11-9-20(27)10-12-21/h8-15,17,23H,16H2,1-7H3,(H2,28,30,32). The lowest BCUT2D eigenvalue weighted by Gasteiger charge is -2.38. The van der Waals surface area contributed by atoms with Crippen LogP contribution in [0.1, 0.15) is 59.9 Å². The molecule has 1 atom stereocenters. The summed E-state index contributed by atoms with van der Waals surface area (Å²) in [5, 5.41) is 11.6. The normalized spacial score (nSPS) is 13.4. The summed E-state index contributed by atoms with van der Waals surface area (Å²) < 4.78 is 15.1. The van der Waals surface area contributed by atoms with Gasteiger partial charge in [-0.2, -0.15) is 5.10 Å². The molecule has 0 saturated carbocycles. The Morgan fingerprint density at radius 1 is 1.06 bits per heavy atom. The number of carbonyl (C=O) groups is 1. The molecule has 0 aliphatic heterocycles. The maximum atomic E-state index is 13.3. The Kier molecular flexibility index (Phi) is 6.63. The lowest BCUT2D eigenvalue weighted by atomic mass is 9.69. The van der Waals surface area contributed by atoms with Crippen molar-refractivity contribution in [1.29, 1.82) is 0 Å². The van der Waals surface area contributed by atoms with Crippen molar-refractivity contribution in [2.75, 3.05) is 6.54 Å². The van der Waals surface area contributed by atoms with Gasteiger partial charge in [0.25, 0.3) is 0 Å². The van der Waals surface area contributed by atoms with Crippen LogP contribution in [0.25, 0.3) is 16.6 Å². The number of fused-ring (bicyclic) bond motifs is 1. The molecule has 0 aliphatic rings. The van der Waals surface area contributed by atoms with Gasteiger partial charge in [0.15, 0.2) is 0 Å². The molecule has 0 spiro atoms. The van der Waals surface area contributed by atoms with Gasteiger partial charge in [0.2, 0.25) is 0 Å². The van der Waals surface area contributed by atoms with Crippen molar-refractivity contribution in [1.82, 2.24) is 20.4 Å². The minimum absolute atomic E-state index is 0.149. The van der Waals surface area contributed by atoms with Gasteiger partial charge in [-0.25, -0.2) is 13.9 Å². The molecule has 6 heteroatoms. The zero-order valence-electron chi connectivity index (χ0n) is 20.2. The van der Waals surface area contributed by atoms with Crippen LogP contribution in [0.5, 0.6) is 0 Å².